The molecule has 0 radical (unpaired) electrons. The molecule has 0 aliphatic carbocycles. The number of anilines is 1. The van der Waals surface area contributed by atoms with Gasteiger partial charge in [-0.15, -0.1) is 23.1 Å². The van der Waals surface area contributed by atoms with Gasteiger partial charge in [-0.05, 0) is 55.1 Å². The van der Waals surface area contributed by atoms with Crippen molar-refractivity contribution in [2.24, 2.45) is 0 Å². The van der Waals surface area contributed by atoms with E-state index < -0.39 is 40.0 Å². The van der Waals surface area contributed by atoms with Crippen LogP contribution in [0.15, 0.2) is 40.6 Å². The average Bonchev–Trinajstić information content (AvgIpc) is 3.21. The van der Waals surface area contributed by atoms with Crippen LogP contribution in [0.25, 0.3) is 0 Å². The zero-order valence-electron chi connectivity index (χ0n) is 18.6. The van der Waals surface area contributed by atoms with Gasteiger partial charge in [0.05, 0.1) is 24.8 Å². The second kappa shape index (κ2) is 9.04. The molecule has 2 heterocycles. The summed E-state index contributed by atoms with van der Waals surface area (Å²) in [4.78, 5) is 38.2. The topological polar surface area (TPSA) is 83.9 Å². The van der Waals surface area contributed by atoms with E-state index in [1.165, 1.54) is 30.7 Å². The van der Waals surface area contributed by atoms with E-state index >= 15 is 0 Å². The predicted molar refractivity (Wildman–Crippen MR) is 125 cm³/mol. The number of carbonyl (C=O) groups excluding carboxylic acids is 2. The van der Waals surface area contributed by atoms with Gasteiger partial charge in [-0.1, -0.05) is 0 Å². The van der Waals surface area contributed by atoms with Crippen LogP contribution in [0.1, 0.15) is 45.0 Å². The minimum Gasteiger partial charge on any atom is -0.496 e. The number of aromatic carboxylic acids is 1. The van der Waals surface area contributed by atoms with Crippen LogP contribution in [-0.2, 0) is 16.0 Å². The average molecular weight is 522 g/mol. The smallest absolute Gasteiger partial charge is 0.346 e. The monoisotopic (exact) mass is 521 g/mol. The Morgan fingerprint density at radius 2 is 1.83 bits per heavy atom. The van der Waals surface area contributed by atoms with Gasteiger partial charge in [-0.2, -0.15) is 0 Å². The molecule has 0 saturated carbocycles. The normalized spacial score (nSPS) is 13.7. The van der Waals surface area contributed by atoms with Crippen molar-refractivity contribution in [1.29, 1.82) is 0 Å². The summed E-state index contributed by atoms with van der Waals surface area (Å²) >= 11 is 1.86. The second-order valence-corrected chi connectivity index (χ2v) is 10.7. The highest BCUT2D eigenvalue weighted by molar-refractivity contribution is 8.00. The molecule has 3 aromatic rings. The summed E-state index contributed by atoms with van der Waals surface area (Å²) in [5.41, 5.74) is -0.276. The Balaban J connectivity index is 1.75. The SMILES string of the molecule is COc1ccc(F)c(F)c1C(C)(C)Sc1ccc(F)c(N2C(=O)Cc3csc(C(=O)O)c3C2=O)c1. The number of rotatable bonds is 6. The first kappa shape index (κ1) is 24.8. The molecule has 0 saturated heterocycles. The van der Waals surface area contributed by atoms with E-state index in [-0.39, 0.29) is 39.4 Å². The zero-order chi connectivity index (χ0) is 25.7. The number of thiophene rings is 1. The van der Waals surface area contributed by atoms with Crippen molar-refractivity contribution in [2.75, 3.05) is 12.0 Å². The minimum atomic E-state index is -1.32. The number of imide groups is 1. The molecule has 1 N–H and O–H groups in total. The summed E-state index contributed by atoms with van der Waals surface area (Å²) in [5, 5.41) is 10.8. The molecular formula is C24H18F3NO5S2. The summed E-state index contributed by atoms with van der Waals surface area (Å²) in [6.07, 6.45) is -0.265. The van der Waals surface area contributed by atoms with Crippen molar-refractivity contribution in [3.63, 3.8) is 0 Å². The number of methoxy groups -OCH3 is 1. The molecule has 0 bridgehead atoms. The first-order chi connectivity index (χ1) is 16.5. The summed E-state index contributed by atoms with van der Waals surface area (Å²) in [6.45, 7) is 3.24. The molecule has 11 heteroatoms. The van der Waals surface area contributed by atoms with Gasteiger partial charge in [0.1, 0.15) is 16.4 Å². The Bertz CT molecular complexity index is 1390. The third kappa shape index (κ3) is 4.30. The van der Waals surface area contributed by atoms with Crippen molar-refractivity contribution < 1.29 is 37.4 Å². The molecule has 1 aliphatic heterocycles. The Morgan fingerprint density at radius 3 is 2.49 bits per heavy atom. The van der Waals surface area contributed by atoms with Gasteiger partial charge < -0.3 is 9.84 Å². The van der Waals surface area contributed by atoms with Crippen LogP contribution in [0.4, 0.5) is 18.9 Å². The fourth-order valence-corrected chi connectivity index (χ4v) is 6.05. The number of carboxylic acids is 1. The molecule has 1 aromatic heterocycles. The lowest BCUT2D eigenvalue weighted by molar-refractivity contribution is -0.117. The number of fused-ring (bicyclic) bond motifs is 1. The molecular weight excluding hydrogens is 503 g/mol. The largest absolute Gasteiger partial charge is 0.496 e. The maximum absolute atomic E-state index is 14.9. The molecule has 6 nitrogen and oxygen atoms in total. The summed E-state index contributed by atoms with van der Waals surface area (Å²) in [5.74, 6) is -5.87. The highest BCUT2D eigenvalue weighted by Crippen LogP contribution is 2.47. The molecule has 2 amide bonds. The predicted octanol–water partition coefficient (Wildman–Crippen LogP) is 5.63. The van der Waals surface area contributed by atoms with Crippen LogP contribution in [0.5, 0.6) is 5.75 Å². The summed E-state index contributed by atoms with van der Waals surface area (Å²) < 4.78 is 47.7. The molecule has 0 unspecified atom stereocenters. The molecule has 35 heavy (non-hydrogen) atoms. The van der Waals surface area contributed by atoms with Gasteiger partial charge in [0, 0.05) is 15.2 Å². The van der Waals surface area contributed by atoms with Crippen molar-refractivity contribution in [1.82, 2.24) is 0 Å². The third-order valence-electron chi connectivity index (χ3n) is 5.48. The van der Waals surface area contributed by atoms with Crippen molar-refractivity contribution in [2.45, 2.75) is 29.9 Å². The lowest BCUT2D eigenvalue weighted by Crippen LogP contribution is -2.43. The van der Waals surface area contributed by atoms with E-state index in [9.17, 15) is 32.7 Å². The number of halogens is 3. The van der Waals surface area contributed by atoms with E-state index in [0.717, 1.165) is 35.2 Å². The van der Waals surface area contributed by atoms with Crippen LogP contribution in [0.3, 0.4) is 0 Å². The number of carbonyl (C=O) groups is 3. The number of nitrogens with zero attached hydrogens (tertiary/aromatic N) is 1. The number of amides is 2. The van der Waals surface area contributed by atoms with Gasteiger partial charge in [0.25, 0.3) is 5.91 Å². The number of ether oxygens (including phenoxy) is 1. The Morgan fingerprint density at radius 1 is 1.14 bits per heavy atom. The van der Waals surface area contributed by atoms with Gasteiger partial charge in [-0.25, -0.2) is 22.9 Å². The van der Waals surface area contributed by atoms with Crippen molar-refractivity contribution in [3.05, 3.63) is 74.7 Å². The highest BCUT2D eigenvalue weighted by atomic mass is 32.2. The Labute approximate surface area is 206 Å². The van der Waals surface area contributed by atoms with E-state index in [4.69, 9.17) is 4.74 Å². The Hall–Kier alpha value is -3.31. The fraction of sp³-hybridized carbons (Fsp3) is 0.208. The molecule has 4 rings (SSSR count). The van der Waals surface area contributed by atoms with E-state index in [2.05, 4.69) is 0 Å². The lowest BCUT2D eigenvalue weighted by Gasteiger charge is -2.29. The van der Waals surface area contributed by atoms with E-state index in [0.29, 0.717) is 9.80 Å². The molecule has 182 valence electrons. The summed E-state index contributed by atoms with van der Waals surface area (Å²) in [7, 11) is 1.32. The number of thioether (sulfide) groups is 1. The summed E-state index contributed by atoms with van der Waals surface area (Å²) in [6, 6.07) is 5.93. The molecule has 0 spiro atoms. The fourth-order valence-electron chi connectivity index (χ4n) is 3.96. The Kier molecular flexibility index (Phi) is 6.41. The van der Waals surface area contributed by atoms with Crippen molar-refractivity contribution in [3.8, 4) is 5.75 Å². The van der Waals surface area contributed by atoms with E-state index in [1.54, 1.807) is 13.8 Å². The maximum atomic E-state index is 14.9. The molecule has 0 fully saturated rings. The van der Waals surface area contributed by atoms with Crippen LogP contribution in [-0.4, -0.2) is 30.0 Å². The van der Waals surface area contributed by atoms with Gasteiger partial charge in [0.15, 0.2) is 11.6 Å². The van der Waals surface area contributed by atoms with Crippen LogP contribution in [0, 0.1) is 17.5 Å². The molecule has 2 aromatic carbocycles. The van der Waals surface area contributed by atoms with Gasteiger partial charge >= 0.3 is 5.97 Å². The van der Waals surface area contributed by atoms with Crippen molar-refractivity contribution >= 4 is 46.6 Å². The lowest BCUT2D eigenvalue weighted by atomic mass is 10.00. The maximum Gasteiger partial charge on any atom is 0.346 e. The number of hydrogen-bond acceptors (Lipinski definition) is 6. The quantitative estimate of drug-likeness (QED) is 0.334. The minimum absolute atomic E-state index is 0.0463. The first-order valence-corrected chi connectivity index (χ1v) is 11.9. The van der Waals surface area contributed by atoms with Gasteiger partial charge in [0.2, 0.25) is 5.91 Å². The number of hydrogen-bond donors (Lipinski definition) is 1. The van der Waals surface area contributed by atoms with Crippen LogP contribution in [0.2, 0.25) is 0 Å². The number of carboxylic acid groups (broad SMARTS) is 1. The third-order valence-corrected chi connectivity index (χ3v) is 7.70. The van der Waals surface area contributed by atoms with Crippen LogP contribution < -0.4 is 9.64 Å². The first-order valence-electron chi connectivity index (χ1n) is 10.2. The molecule has 1 aliphatic rings. The molecule has 0 atom stereocenters. The number of benzene rings is 2. The second-order valence-electron chi connectivity index (χ2n) is 8.15. The van der Waals surface area contributed by atoms with Crippen LogP contribution >= 0.6 is 23.1 Å². The highest BCUT2D eigenvalue weighted by Gasteiger charge is 2.38. The van der Waals surface area contributed by atoms with E-state index in [1.807, 2.05) is 0 Å². The zero-order valence-corrected chi connectivity index (χ0v) is 20.3. The van der Waals surface area contributed by atoms with Gasteiger partial charge in [-0.3, -0.25) is 9.59 Å². The standard InChI is InChI=1S/C24H18F3NO5S2/c1-24(2,19-16(33-3)7-6-14(26)20(19)27)35-12-4-5-13(25)15(9-12)28-17(29)8-11-10-34-21(23(31)32)18(11)22(28)30/h4-7,9-10H,8H2,1-3H3,(H,31,32).